The van der Waals surface area contributed by atoms with Crippen molar-refractivity contribution in [3.05, 3.63) is 54.8 Å². The van der Waals surface area contributed by atoms with Crippen molar-refractivity contribution in [1.82, 2.24) is 14.9 Å². The number of aromatic nitrogens is 2. The molecule has 0 aliphatic rings. The van der Waals surface area contributed by atoms with Gasteiger partial charge in [0.2, 0.25) is 5.91 Å². The third-order valence-electron chi connectivity index (χ3n) is 3.84. The van der Waals surface area contributed by atoms with Crippen molar-refractivity contribution >= 4 is 28.6 Å². The number of rotatable bonds is 7. The van der Waals surface area contributed by atoms with E-state index in [0.29, 0.717) is 30.4 Å². The highest BCUT2D eigenvalue weighted by atomic mass is 32.2. The van der Waals surface area contributed by atoms with E-state index in [1.165, 1.54) is 11.8 Å². The van der Waals surface area contributed by atoms with Crippen molar-refractivity contribution in [3.8, 4) is 11.6 Å². The number of likely N-dealkylation sites (N-methyl/N-ethyl adjacent to an activating group) is 1. The highest BCUT2D eigenvalue weighted by molar-refractivity contribution is 8.00. The second-order valence-corrected chi connectivity index (χ2v) is 6.96. The molecule has 134 valence electrons. The molecule has 0 atom stereocenters. The molecule has 3 rings (SSSR count). The summed E-state index contributed by atoms with van der Waals surface area (Å²) in [5.41, 5.74) is 1.80. The normalized spacial score (nSPS) is 10.8. The molecule has 0 aliphatic carbocycles. The summed E-state index contributed by atoms with van der Waals surface area (Å²) in [4.78, 5) is 23.5. The van der Waals surface area contributed by atoms with Crippen LogP contribution in [0.2, 0.25) is 0 Å². The summed E-state index contributed by atoms with van der Waals surface area (Å²) < 4.78 is 5.43. The van der Waals surface area contributed by atoms with Crippen LogP contribution in [-0.2, 0) is 4.79 Å². The van der Waals surface area contributed by atoms with E-state index in [1.807, 2.05) is 44.2 Å². The first-order valence-corrected chi connectivity index (χ1v) is 9.42. The zero-order chi connectivity index (χ0) is 18.5. The average Bonchev–Trinajstić information content (AvgIpc) is 3.18. The Morgan fingerprint density at radius 2 is 2.04 bits per heavy atom. The second kappa shape index (κ2) is 8.19. The van der Waals surface area contributed by atoms with Crippen LogP contribution in [0.1, 0.15) is 13.8 Å². The molecule has 0 spiro atoms. The summed E-state index contributed by atoms with van der Waals surface area (Å²) in [6.45, 7) is 9.04. The Kier molecular flexibility index (Phi) is 5.73. The Hall–Kier alpha value is -2.60. The first kappa shape index (κ1) is 18.2. The van der Waals surface area contributed by atoms with Crippen LogP contribution < -0.4 is 0 Å². The first-order chi connectivity index (χ1) is 12.6. The van der Waals surface area contributed by atoms with Crippen LogP contribution in [0.5, 0.6) is 0 Å². The fraction of sp³-hybridized carbons (Fsp3) is 0.250. The van der Waals surface area contributed by atoms with Crippen LogP contribution >= 0.6 is 11.8 Å². The molecule has 26 heavy (non-hydrogen) atoms. The monoisotopic (exact) mass is 367 g/mol. The van der Waals surface area contributed by atoms with Crippen molar-refractivity contribution in [2.45, 2.75) is 18.9 Å². The van der Waals surface area contributed by atoms with Gasteiger partial charge in [-0.05, 0) is 32.0 Å². The molecule has 2 aromatic heterocycles. The number of amides is 1. The predicted molar refractivity (Wildman–Crippen MR) is 105 cm³/mol. The molecule has 5 nitrogen and oxygen atoms in total. The van der Waals surface area contributed by atoms with E-state index in [4.69, 9.17) is 4.42 Å². The van der Waals surface area contributed by atoms with Gasteiger partial charge >= 0.3 is 0 Å². The molecule has 2 heterocycles. The Bertz CT molecular complexity index is 922. The molecule has 3 aromatic rings. The number of carbonyl (C=O) groups is 1. The summed E-state index contributed by atoms with van der Waals surface area (Å²) in [6, 6.07) is 11.4. The summed E-state index contributed by atoms with van der Waals surface area (Å²) in [6.07, 6.45) is 1.60. The van der Waals surface area contributed by atoms with E-state index < -0.39 is 0 Å². The minimum atomic E-state index is 0.0720. The topological polar surface area (TPSA) is 59.2 Å². The molecular weight excluding hydrogens is 346 g/mol. The maximum atomic E-state index is 12.5. The minimum Gasteiger partial charge on any atom is -0.461 e. The largest absolute Gasteiger partial charge is 0.461 e. The lowest BCUT2D eigenvalue weighted by molar-refractivity contribution is -0.127. The van der Waals surface area contributed by atoms with E-state index in [-0.39, 0.29) is 5.91 Å². The quantitative estimate of drug-likeness (QED) is 0.352. The molecule has 0 saturated carbocycles. The van der Waals surface area contributed by atoms with Gasteiger partial charge in [0.05, 0.1) is 17.5 Å². The number of thioether (sulfide) groups is 1. The Balaban J connectivity index is 1.87. The van der Waals surface area contributed by atoms with Crippen molar-refractivity contribution in [3.63, 3.8) is 0 Å². The number of benzene rings is 1. The molecule has 0 saturated heterocycles. The van der Waals surface area contributed by atoms with Crippen molar-refractivity contribution < 1.29 is 9.21 Å². The average molecular weight is 367 g/mol. The predicted octanol–water partition coefficient (Wildman–Crippen LogP) is 4.41. The van der Waals surface area contributed by atoms with Gasteiger partial charge in [-0.15, -0.1) is 0 Å². The molecule has 0 N–H and O–H groups in total. The van der Waals surface area contributed by atoms with Gasteiger partial charge in [-0.3, -0.25) is 4.79 Å². The highest BCUT2D eigenvalue weighted by Crippen LogP contribution is 2.28. The number of nitrogens with zero attached hydrogens (tertiary/aromatic N) is 3. The number of fused-ring (bicyclic) bond motifs is 1. The lowest BCUT2D eigenvalue weighted by Gasteiger charge is -2.20. The number of hydrogen-bond donors (Lipinski definition) is 0. The summed E-state index contributed by atoms with van der Waals surface area (Å²) in [5.74, 6) is 1.53. The zero-order valence-electron chi connectivity index (χ0n) is 14.9. The van der Waals surface area contributed by atoms with Gasteiger partial charge in [-0.2, -0.15) is 0 Å². The minimum absolute atomic E-state index is 0.0720. The van der Waals surface area contributed by atoms with Crippen molar-refractivity contribution in [2.24, 2.45) is 0 Å². The maximum absolute atomic E-state index is 12.5. The molecule has 0 aliphatic heterocycles. The SMILES string of the molecule is C=C(C)CN(CC)C(=O)CSc1nc(-c2ccco2)nc2ccccc12. The number of para-hydroxylation sites is 1. The van der Waals surface area contributed by atoms with E-state index >= 15 is 0 Å². The lowest BCUT2D eigenvalue weighted by atomic mass is 10.2. The van der Waals surface area contributed by atoms with E-state index in [1.54, 1.807) is 17.2 Å². The van der Waals surface area contributed by atoms with Gasteiger partial charge in [-0.1, -0.05) is 42.1 Å². The molecule has 0 fully saturated rings. The maximum Gasteiger partial charge on any atom is 0.233 e. The van der Waals surface area contributed by atoms with Crippen LogP contribution in [0.4, 0.5) is 0 Å². The molecule has 6 heteroatoms. The van der Waals surface area contributed by atoms with Crippen LogP contribution in [0.3, 0.4) is 0 Å². The second-order valence-electron chi connectivity index (χ2n) is 6.00. The fourth-order valence-corrected chi connectivity index (χ4v) is 3.52. The smallest absolute Gasteiger partial charge is 0.233 e. The lowest BCUT2D eigenvalue weighted by Crippen LogP contribution is -2.33. The summed E-state index contributed by atoms with van der Waals surface area (Å²) in [5, 5.41) is 1.71. The number of furan rings is 1. The fourth-order valence-electron chi connectivity index (χ4n) is 2.60. The number of carbonyl (C=O) groups excluding carboxylic acids is 1. The van der Waals surface area contributed by atoms with Gasteiger partial charge in [0.15, 0.2) is 11.6 Å². The summed E-state index contributed by atoms with van der Waals surface area (Å²) in [7, 11) is 0. The van der Waals surface area contributed by atoms with Gasteiger partial charge in [0.25, 0.3) is 0 Å². The molecule has 1 aromatic carbocycles. The third-order valence-corrected chi connectivity index (χ3v) is 4.81. The van der Waals surface area contributed by atoms with Crippen molar-refractivity contribution in [2.75, 3.05) is 18.8 Å². The Morgan fingerprint density at radius 1 is 1.23 bits per heavy atom. The first-order valence-electron chi connectivity index (χ1n) is 8.44. The Morgan fingerprint density at radius 3 is 2.73 bits per heavy atom. The summed E-state index contributed by atoms with van der Waals surface area (Å²) >= 11 is 1.43. The van der Waals surface area contributed by atoms with Gasteiger partial charge in [0, 0.05) is 18.5 Å². The van der Waals surface area contributed by atoms with Crippen LogP contribution in [-0.4, -0.2) is 39.6 Å². The zero-order valence-corrected chi connectivity index (χ0v) is 15.8. The van der Waals surface area contributed by atoms with E-state index in [2.05, 4.69) is 16.5 Å². The van der Waals surface area contributed by atoms with Crippen LogP contribution in [0, 0.1) is 0 Å². The molecule has 1 amide bonds. The standard InChI is InChI=1S/C20H21N3O2S/c1-4-23(12-14(2)3)18(24)13-26-20-15-8-5-6-9-16(15)21-19(22-20)17-10-7-11-25-17/h5-11H,2,4,12-13H2,1,3H3. The Labute approximate surface area is 157 Å². The van der Waals surface area contributed by atoms with E-state index in [0.717, 1.165) is 21.5 Å². The van der Waals surface area contributed by atoms with Crippen LogP contribution in [0.15, 0.2) is 64.3 Å². The molecular formula is C20H21N3O2S. The van der Waals surface area contributed by atoms with E-state index in [9.17, 15) is 4.79 Å². The molecule has 0 unspecified atom stereocenters. The molecule has 0 radical (unpaired) electrons. The van der Waals surface area contributed by atoms with Gasteiger partial charge in [-0.25, -0.2) is 9.97 Å². The number of hydrogen-bond acceptors (Lipinski definition) is 5. The van der Waals surface area contributed by atoms with Crippen LogP contribution in [0.25, 0.3) is 22.5 Å². The molecule has 0 bridgehead atoms. The highest BCUT2D eigenvalue weighted by Gasteiger charge is 2.16. The van der Waals surface area contributed by atoms with Crippen molar-refractivity contribution in [1.29, 1.82) is 0 Å². The third kappa shape index (κ3) is 4.14. The van der Waals surface area contributed by atoms with Gasteiger partial charge < -0.3 is 9.32 Å². The van der Waals surface area contributed by atoms with Gasteiger partial charge in [0.1, 0.15) is 5.03 Å².